The van der Waals surface area contributed by atoms with Crippen LogP contribution in [0, 0.1) is 11.8 Å². The lowest BCUT2D eigenvalue weighted by molar-refractivity contribution is -0.136. The van der Waals surface area contributed by atoms with Gasteiger partial charge in [0.1, 0.15) is 0 Å². The van der Waals surface area contributed by atoms with Gasteiger partial charge in [0.15, 0.2) is 0 Å². The van der Waals surface area contributed by atoms with Crippen molar-refractivity contribution in [3.8, 4) is 0 Å². The number of hydrogen-bond donors (Lipinski definition) is 1. The van der Waals surface area contributed by atoms with Gasteiger partial charge in [-0.05, 0) is 31.7 Å². The van der Waals surface area contributed by atoms with Crippen LogP contribution < -0.4 is 5.32 Å². The second-order valence-electron chi connectivity index (χ2n) is 4.59. The van der Waals surface area contributed by atoms with Gasteiger partial charge in [-0.15, -0.1) is 6.58 Å². The Morgan fingerprint density at radius 2 is 2.07 bits per heavy atom. The molecule has 1 atom stereocenters. The van der Waals surface area contributed by atoms with Crippen molar-refractivity contribution in [2.75, 3.05) is 26.2 Å². The Kier molecular flexibility index (Phi) is 3.41. The average molecular weight is 208 g/mol. The van der Waals surface area contributed by atoms with E-state index in [1.54, 1.807) is 0 Å². The lowest BCUT2D eigenvalue weighted by Gasteiger charge is -2.32. The normalized spacial score (nSPS) is 28.0. The molecule has 2 fully saturated rings. The van der Waals surface area contributed by atoms with E-state index in [0.717, 1.165) is 45.4 Å². The number of amides is 1. The van der Waals surface area contributed by atoms with E-state index < -0.39 is 0 Å². The Morgan fingerprint density at radius 1 is 1.33 bits per heavy atom. The van der Waals surface area contributed by atoms with E-state index >= 15 is 0 Å². The van der Waals surface area contributed by atoms with Gasteiger partial charge >= 0.3 is 0 Å². The highest BCUT2D eigenvalue weighted by atomic mass is 16.2. The molecule has 15 heavy (non-hydrogen) atoms. The summed E-state index contributed by atoms with van der Waals surface area (Å²) in [7, 11) is 0. The predicted molar refractivity (Wildman–Crippen MR) is 60.5 cm³/mol. The first kappa shape index (κ1) is 10.7. The molecule has 2 heterocycles. The Bertz CT molecular complexity index is 238. The number of piperidine rings is 1. The molecule has 3 heteroatoms. The standard InChI is InChI=1S/C12H20N2O/c1-2-10-4-7-14(8-5-10)12(15)11-3-6-13-9-11/h2,10-11,13H,1,3-9H2/t11-/m0/s1. The first-order valence-corrected chi connectivity index (χ1v) is 5.93. The number of carbonyl (C=O) groups is 1. The van der Waals surface area contributed by atoms with E-state index in [2.05, 4.69) is 11.9 Å². The molecule has 0 aromatic carbocycles. The molecule has 2 rings (SSSR count). The van der Waals surface area contributed by atoms with Gasteiger partial charge < -0.3 is 10.2 Å². The maximum absolute atomic E-state index is 12.1. The zero-order valence-corrected chi connectivity index (χ0v) is 9.24. The molecule has 84 valence electrons. The molecule has 0 spiro atoms. The topological polar surface area (TPSA) is 32.3 Å². The zero-order chi connectivity index (χ0) is 10.7. The van der Waals surface area contributed by atoms with Crippen molar-refractivity contribution in [3.63, 3.8) is 0 Å². The van der Waals surface area contributed by atoms with Gasteiger partial charge in [0.2, 0.25) is 5.91 Å². The Morgan fingerprint density at radius 3 is 2.60 bits per heavy atom. The van der Waals surface area contributed by atoms with E-state index in [-0.39, 0.29) is 5.92 Å². The number of rotatable bonds is 2. The van der Waals surface area contributed by atoms with Gasteiger partial charge in [0.05, 0.1) is 5.92 Å². The van der Waals surface area contributed by atoms with Gasteiger partial charge in [-0.25, -0.2) is 0 Å². The lowest BCUT2D eigenvalue weighted by atomic mass is 9.96. The molecular formula is C12H20N2O. The monoisotopic (exact) mass is 208 g/mol. The van der Waals surface area contributed by atoms with Gasteiger partial charge in [-0.1, -0.05) is 6.08 Å². The third kappa shape index (κ3) is 2.40. The molecule has 0 aliphatic carbocycles. The quantitative estimate of drug-likeness (QED) is 0.687. The highest BCUT2D eigenvalue weighted by molar-refractivity contribution is 5.79. The molecule has 2 saturated heterocycles. The number of likely N-dealkylation sites (tertiary alicyclic amines) is 1. The van der Waals surface area contributed by atoms with Crippen molar-refractivity contribution in [2.24, 2.45) is 11.8 Å². The van der Waals surface area contributed by atoms with Gasteiger partial charge in [-0.2, -0.15) is 0 Å². The number of allylic oxidation sites excluding steroid dienone is 1. The number of carbonyl (C=O) groups excluding carboxylic acids is 1. The van der Waals surface area contributed by atoms with Crippen molar-refractivity contribution < 1.29 is 4.79 Å². The van der Waals surface area contributed by atoms with Crippen LogP contribution in [0.4, 0.5) is 0 Å². The van der Waals surface area contributed by atoms with Crippen LogP contribution in [0.5, 0.6) is 0 Å². The average Bonchev–Trinajstić information content (AvgIpc) is 2.82. The largest absolute Gasteiger partial charge is 0.342 e. The van der Waals surface area contributed by atoms with Crippen molar-refractivity contribution in [1.82, 2.24) is 10.2 Å². The van der Waals surface area contributed by atoms with Crippen molar-refractivity contribution in [2.45, 2.75) is 19.3 Å². The van der Waals surface area contributed by atoms with E-state index in [4.69, 9.17) is 0 Å². The minimum atomic E-state index is 0.241. The minimum absolute atomic E-state index is 0.241. The Hall–Kier alpha value is -0.830. The van der Waals surface area contributed by atoms with Gasteiger partial charge in [0.25, 0.3) is 0 Å². The summed E-state index contributed by atoms with van der Waals surface area (Å²) in [6, 6.07) is 0. The summed E-state index contributed by atoms with van der Waals surface area (Å²) in [5.41, 5.74) is 0. The van der Waals surface area contributed by atoms with E-state index in [1.807, 2.05) is 11.0 Å². The third-order valence-electron chi connectivity index (χ3n) is 3.59. The minimum Gasteiger partial charge on any atom is -0.342 e. The van der Waals surface area contributed by atoms with Crippen molar-refractivity contribution in [3.05, 3.63) is 12.7 Å². The molecule has 0 aromatic rings. The molecule has 3 nitrogen and oxygen atoms in total. The van der Waals surface area contributed by atoms with E-state index in [0.29, 0.717) is 11.8 Å². The van der Waals surface area contributed by atoms with Crippen LogP contribution in [0.3, 0.4) is 0 Å². The summed E-state index contributed by atoms with van der Waals surface area (Å²) in [4.78, 5) is 14.1. The summed E-state index contributed by atoms with van der Waals surface area (Å²) in [5.74, 6) is 1.23. The third-order valence-corrected chi connectivity index (χ3v) is 3.59. The first-order chi connectivity index (χ1) is 7.31. The molecule has 2 aliphatic rings. The van der Waals surface area contributed by atoms with Gasteiger partial charge in [-0.3, -0.25) is 4.79 Å². The molecule has 0 bridgehead atoms. The molecule has 0 aromatic heterocycles. The van der Waals surface area contributed by atoms with Crippen LogP contribution in [-0.2, 0) is 4.79 Å². The summed E-state index contributed by atoms with van der Waals surface area (Å²) >= 11 is 0. The van der Waals surface area contributed by atoms with Crippen LogP contribution in [0.2, 0.25) is 0 Å². The Balaban J connectivity index is 1.84. The second kappa shape index (κ2) is 4.79. The van der Waals surface area contributed by atoms with Crippen LogP contribution >= 0.6 is 0 Å². The Labute approximate surface area is 91.5 Å². The van der Waals surface area contributed by atoms with Crippen LogP contribution in [0.15, 0.2) is 12.7 Å². The highest BCUT2D eigenvalue weighted by Gasteiger charge is 2.29. The van der Waals surface area contributed by atoms with Crippen molar-refractivity contribution >= 4 is 5.91 Å². The van der Waals surface area contributed by atoms with Crippen molar-refractivity contribution in [1.29, 1.82) is 0 Å². The summed E-state index contributed by atoms with van der Waals surface area (Å²) in [6.45, 7) is 7.54. The fourth-order valence-electron chi connectivity index (χ4n) is 2.48. The molecule has 0 unspecified atom stereocenters. The molecule has 1 N–H and O–H groups in total. The molecule has 1 amide bonds. The number of nitrogens with zero attached hydrogens (tertiary/aromatic N) is 1. The number of nitrogens with one attached hydrogen (secondary N) is 1. The van der Waals surface area contributed by atoms with E-state index in [9.17, 15) is 4.79 Å². The highest BCUT2D eigenvalue weighted by Crippen LogP contribution is 2.20. The van der Waals surface area contributed by atoms with E-state index in [1.165, 1.54) is 0 Å². The second-order valence-corrected chi connectivity index (χ2v) is 4.59. The maximum atomic E-state index is 12.1. The molecular weight excluding hydrogens is 188 g/mol. The summed E-state index contributed by atoms with van der Waals surface area (Å²) in [6.07, 6.45) is 5.23. The smallest absolute Gasteiger partial charge is 0.227 e. The maximum Gasteiger partial charge on any atom is 0.227 e. The molecule has 0 saturated carbocycles. The van der Waals surface area contributed by atoms with Gasteiger partial charge in [0, 0.05) is 19.6 Å². The van der Waals surface area contributed by atoms with Crippen LogP contribution in [0.25, 0.3) is 0 Å². The predicted octanol–water partition coefficient (Wildman–Crippen LogP) is 1.02. The summed E-state index contributed by atoms with van der Waals surface area (Å²) < 4.78 is 0. The zero-order valence-electron chi connectivity index (χ0n) is 9.24. The fourth-order valence-corrected chi connectivity index (χ4v) is 2.48. The van der Waals surface area contributed by atoms with Crippen LogP contribution in [-0.4, -0.2) is 37.0 Å². The van der Waals surface area contributed by atoms with Crippen LogP contribution in [0.1, 0.15) is 19.3 Å². The fraction of sp³-hybridized carbons (Fsp3) is 0.750. The number of hydrogen-bond acceptors (Lipinski definition) is 2. The lowest BCUT2D eigenvalue weighted by Crippen LogP contribution is -2.42. The first-order valence-electron chi connectivity index (χ1n) is 5.93. The molecule has 2 aliphatic heterocycles. The molecule has 0 radical (unpaired) electrons. The SMILES string of the molecule is C=CC1CCN(C(=O)[C@H]2CCNC2)CC1. The summed E-state index contributed by atoms with van der Waals surface area (Å²) in [5, 5.41) is 3.25.